The molecule has 7 heteroatoms. The van der Waals surface area contributed by atoms with E-state index in [9.17, 15) is 14.0 Å². The number of aryl methyl sites for hydroxylation is 2. The van der Waals surface area contributed by atoms with Crippen molar-refractivity contribution < 1.29 is 18.4 Å². The van der Waals surface area contributed by atoms with E-state index >= 15 is 0 Å². The standard InChI is InChI=1S/C27H28FN3O3/c1-19-6-5-7-20(2)27(19)29-25(32)18-30-14-16-31(17-15-30)26(33)13-11-21-10-12-24(34-21)22-8-3-4-9-23(22)28/h3-13H,14-18H2,1-2H3,(H,29,32)/b13-11+. The van der Waals surface area contributed by atoms with Crippen LogP contribution >= 0.6 is 0 Å². The van der Waals surface area contributed by atoms with Gasteiger partial charge in [0.2, 0.25) is 11.8 Å². The normalized spacial score (nSPS) is 14.5. The van der Waals surface area contributed by atoms with Gasteiger partial charge in [-0.3, -0.25) is 14.5 Å². The average Bonchev–Trinajstić information content (AvgIpc) is 3.29. The van der Waals surface area contributed by atoms with E-state index in [1.807, 2.05) is 36.9 Å². The van der Waals surface area contributed by atoms with E-state index in [1.165, 1.54) is 12.1 Å². The molecule has 1 fully saturated rings. The Morgan fingerprint density at radius 1 is 0.971 bits per heavy atom. The maximum atomic E-state index is 13.9. The number of nitrogens with zero attached hydrogens (tertiary/aromatic N) is 2. The van der Waals surface area contributed by atoms with Crippen LogP contribution in [0.15, 0.2) is 65.1 Å². The maximum Gasteiger partial charge on any atom is 0.246 e. The molecule has 2 heterocycles. The van der Waals surface area contributed by atoms with Gasteiger partial charge in [0.1, 0.15) is 17.3 Å². The van der Waals surface area contributed by atoms with Gasteiger partial charge in [-0.1, -0.05) is 30.3 Å². The van der Waals surface area contributed by atoms with Crippen LogP contribution in [0.5, 0.6) is 0 Å². The lowest BCUT2D eigenvalue weighted by atomic mass is 10.1. The molecule has 0 unspecified atom stereocenters. The quantitative estimate of drug-likeness (QED) is 0.549. The Morgan fingerprint density at radius 2 is 1.68 bits per heavy atom. The fourth-order valence-electron chi connectivity index (χ4n) is 4.03. The Morgan fingerprint density at radius 3 is 2.38 bits per heavy atom. The number of rotatable bonds is 6. The van der Waals surface area contributed by atoms with Gasteiger partial charge in [-0.15, -0.1) is 0 Å². The van der Waals surface area contributed by atoms with Gasteiger partial charge in [0.15, 0.2) is 0 Å². The number of para-hydroxylation sites is 1. The first-order valence-electron chi connectivity index (χ1n) is 11.3. The minimum Gasteiger partial charge on any atom is -0.457 e. The van der Waals surface area contributed by atoms with E-state index in [-0.39, 0.29) is 24.2 Å². The molecule has 1 aliphatic heterocycles. The molecule has 0 spiro atoms. The predicted molar refractivity (Wildman–Crippen MR) is 131 cm³/mol. The summed E-state index contributed by atoms with van der Waals surface area (Å²) in [6, 6.07) is 15.7. The second-order valence-corrected chi connectivity index (χ2v) is 8.43. The van der Waals surface area contributed by atoms with Crippen molar-refractivity contribution >= 4 is 23.6 Å². The summed E-state index contributed by atoms with van der Waals surface area (Å²) in [7, 11) is 0. The lowest BCUT2D eigenvalue weighted by molar-refractivity contribution is -0.127. The van der Waals surface area contributed by atoms with Crippen LogP contribution in [0.3, 0.4) is 0 Å². The third-order valence-electron chi connectivity index (χ3n) is 5.95. The Balaban J connectivity index is 1.26. The number of hydrogen-bond donors (Lipinski definition) is 1. The smallest absolute Gasteiger partial charge is 0.246 e. The first kappa shape index (κ1) is 23.4. The molecule has 1 N–H and O–H groups in total. The second-order valence-electron chi connectivity index (χ2n) is 8.43. The van der Waals surface area contributed by atoms with Gasteiger partial charge in [0.25, 0.3) is 0 Å². The molecule has 1 saturated heterocycles. The monoisotopic (exact) mass is 461 g/mol. The van der Waals surface area contributed by atoms with E-state index in [2.05, 4.69) is 5.32 Å². The van der Waals surface area contributed by atoms with Crippen molar-refractivity contribution in [3.8, 4) is 11.3 Å². The van der Waals surface area contributed by atoms with E-state index in [4.69, 9.17) is 4.42 Å². The summed E-state index contributed by atoms with van der Waals surface area (Å²) in [6.45, 7) is 6.57. The van der Waals surface area contributed by atoms with Gasteiger partial charge >= 0.3 is 0 Å². The van der Waals surface area contributed by atoms with E-state index < -0.39 is 0 Å². The average molecular weight is 462 g/mol. The zero-order chi connectivity index (χ0) is 24.1. The predicted octanol–water partition coefficient (Wildman–Crippen LogP) is 4.50. The van der Waals surface area contributed by atoms with Gasteiger partial charge in [-0.2, -0.15) is 0 Å². The lowest BCUT2D eigenvalue weighted by Crippen LogP contribution is -2.50. The van der Waals surface area contributed by atoms with Crippen molar-refractivity contribution in [2.45, 2.75) is 13.8 Å². The molecule has 0 radical (unpaired) electrons. The number of furan rings is 1. The first-order chi connectivity index (χ1) is 16.4. The van der Waals surface area contributed by atoms with Gasteiger partial charge in [-0.25, -0.2) is 4.39 Å². The van der Waals surface area contributed by atoms with Crippen LogP contribution in [0, 0.1) is 19.7 Å². The molecule has 0 atom stereocenters. The zero-order valence-electron chi connectivity index (χ0n) is 19.4. The Hall–Kier alpha value is -3.71. The van der Waals surface area contributed by atoms with Crippen molar-refractivity contribution in [3.05, 3.63) is 83.4 Å². The van der Waals surface area contributed by atoms with E-state index in [1.54, 1.807) is 41.3 Å². The van der Waals surface area contributed by atoms with Crippen molar-refractivity contribution in [1.29, 1.82) is 0 Å². The molecule has 6 nitrogen and oxygen atoms in total. The number of nitrogens with one attached hydrogen (secondary N) is 1. The molecule has 176 valence electrons. The maximum absolute atomic E-state index is 13.9. The fourth-order valence-corrected chi connectivity index (χ4v) is 4.03. The molecule has 3 aromatic rings. The zero-order valence-corrected chi connectivity index (χ0v) is 19.4. The highest BCUT2D eigenvalue weighted by Gasteiger charge is 2.21. The number of carbonyl (C=O) groups excluding carboxylic acids is 2. The van der Waals surface area contributed by atoms with Gasteiger partial charge in [0, 0.05) is 37.9 Å². The molecule has 2 amide bonds. The molecule has 1 aromatic heterocycles. The van der Waals surface area contributed by atoms with Gasteiger partial charge < -0.3 is 14.6 Å². The number of amides is 2. The summed E-state index contributed by atoms with van der Waals surface area (Å²) in [5, 5.41) is 3.01. The second kappa shape index (κ2) is 10.5. The number of carbonyl (C=O) groups is 2. The minimum atomic E-state index is -0.357. The SMILES string of the molecule is Cc1cccc(C)c1NC(=O)CN1CCN(C(=O)/C=C/c2ccc(-c3ccccc3F)o2)CC1. The molecular formula is C27H28FN3O3. The number of halogens is 1. The molecule has 0 aliphatic carbocycles. The summed E-state index contributed by atoms with van der Waals surface area (Å²) in [6.07, 6.45) is 3.06. The Kier molecular flexibility index (Phi) is 7.23. The largest absolute Gasteiger partial charge is 0.457 e. The van der Waals surface area contributed by atoms with Gasteiger partial charge in [-0.05, 0) is 55.3 Å². The number of benzene rings is 2. The van der Waals surface area contributed by atoms with Crippen molar-refractivity contribution in [3.63, 3.8) is 0 Å². The van der Waals surface area contributed by atoms with Crippen LogP contribution in [0.4, 0.5) is 10.1 Å². The van der Waals surface area contributed by atoms with Gasteiger partial charge in [0.05, 0.1) is 12.1 Å². The summed E-state index contributed by atoms with van der Waals surface area (Å²) >= 11 is 0. The molecular weight excluding hydrogens is 433 g/mol. The topological polar surface area (TPSA) is 65.8 Å². The van der Waals surface area contributed by atoms with Crippen molar-refractivity contribution in [2.75, 3.05) is 38.0 Å². The summed E-state index contributed by atoms with van der Waals surface area (Å²) in [5.41, 5.74) is 3.31. The lowest BCUT2D eigenvalue weighted by Gasteiger charge is -2.33. The molecule has 34 heavy (non-hydrogen) atoms. The fraction of sp³-hybridized carbons (Fsp3) is 0.259. The minimum absolute atomic E-state index is 0.0550. The molecule has 0 saturated carbocycles. The summed E-state index contributed by atoms with van der Waals surface area (Å²) in [4.78, 5) is 28.9. The third-order valence-corrected chi connectivity index (χ3v) is 5.95. The number of hydrogen-bond acceptors (Lipinski definition) is 4. The van der Waals surface area contributed by atoms with Crippen LogP contribution in [0.1, 0.15) is 16.9 Å². The summed E-state index contributed by atoms with van der Waals surface area (Å²) in [5.74, 6) is 0.361. The van der Waals surface area contributed by atoms with Crippen LogP contribution < -0.4 is 5.32 Å². The Bertz CT molecular complexity index is 1190. The molecule has 2 aromatic carbocycles. The highest BCUT2D eigenvalue weighted by Crippen LogP contribution is 2.25. The van der Waals surface area contributed by atoms with Crippen molar-refractivity contribution in [1.82, 2.24) is 9.80 Å². The first-order valence-corrected chi connectivity index (χ1v) is 11.3. The summed E-state index contributed by atoms with van der Waals surface area (Å²) < 4.78 is 19.6. The Labute approximate surface area is 198 Å². The van der Waals surface area contributed by atoms with Crippen LogP contribution in [0.25, 0.3) is 17.4 Å². The van der Waals surface area contributed by atoms with E-state index in [0.29, 0.717) is 43.3 Å². The molecule has 1 aliphatic rings. The molecule has 0 bridgehead atoms. The van der Waals surface area contributed by atoms with Crippen molar-refractivity contribution in [2.24, 2.45) is 0 Å². The van der Waals surface area contributed by atoms with Crippen LogP contribution in [-0.2, 0) is 9.59 Å². The highest BCUT2D eigenvalue weighted by molar-refractivity contribution is 5.94. The van der Waals surface area contributed by atoms with Crippen LogP contribution in [0.2, 0.25) is 0 Å². The third kappa shape index (κ3) is 5.61. The van der Waals surface area contributed by atoms with Crippen LogP contribution in [-0.4, -0.2) is 54.3 Å². The van der Waals surface area contributed by atoms with E-state index in [0.717, 1.165) is 16.8 Å². The molecule has 4 rings (SSSR count). The number of piperazine rings is 1. The highest BCUT2D eigenvalue weighted by atomic mass is 19.1. The number of anilines is 1.